The van der Waals surface area contributed by atoms with Gasteiger partial charge in [-0.05, 0) is 6.42 Å². The minimum absolute atomic E-state index is 0.00248. The molecule has 0 unspecified atom stereocenters. The molecule has 0 fully saturated rings. The van der Waals surface area contributed by atoms with Gasteiger partial charge in [0, 0.05) is 24.2 Å². The molecule has 68 valence electrons. The fraction of sp³-hybridized carbons (Fsp3) is 0.500. The Morgan fingerprint density at radius 2 is 2.00 bits per heavy atom. The van der Waals surface area contributed by atoms with Crippen molar-refractivity contribution in [1.29, 1.82) is 0 Å². The van der Waals surface area contributed by atoms with Crippen LogP contribution in [0.15, 0.2) is 12.4 Å². The third-order valence-corrected chi connectivity index (χ3v) is 2.58. The Hall–Kier alpha value is -1.25. The fourth-order valence-corrected chi connectivity index (χ4v) is 1.70. The lowest BCUT2D eigenvalue weighted by Crippen LogP contribution is -2.29. The van der Waals surface area contributed by atoms with E-state index in [2.05, 4.69) is 23.8 Å². The molecule has 1 aromatic heterocycles. The molecule has 13 heavy (non-hydrogen) atoms. The van der Waals surface area contributed by atoms with E-state index >= 15 is 0 Å². The van der Waals surface area contributed by atoms with Crippen molar-refractivity contribution in [3.63, 3.8) is 0 Å². The number of nitrogens with zero attached hydrogens (tertiary/aromatic N) is 2. The van der Waals surface area contributed by atoms with Crippen molar-refractivity contribution in [1.82, 2.24) is 9.97 Å². The van der Waals surface area contributed by atoms with Crippen LogP contribution in [-0.4, -0.2) is 15.8 Å². The lowest BCUT2D eigenvalue weighted by Gasteiger charge is -2.28. The third kappa shape index (κ3) is 1.24. The average Bonchev–Trinajstić information content (AvgIpc) is 2.13. The summed E-state index contributed by atoms with van der Waals surface area (Å²) < 4.78 is 0. The van der Waals surface area contributed by atoms with Crippen molar-refractivity contribution in [2.24, 2.45) is 0 Å². The Kier molecular flexibility index (Phi) is 1.68. The summed E-state index contributed by atoms with van der Waals surface area (Å²) in [5, 5.41) is 0. The van der Waals surface area contributed by atoms with Gasteiger partial charge in [-0.2, -0.15) is 0 Å². The van der Waals surface area contributed by atoms with E-state index in [-0.39, 0.29) is 11.2 Å². The molecule has 2 rings (SSSR count). The van der Waals surface area contributed by atoms with Gasteiger partial charge < -0.3 is 0 Å². The van der Waals surface area contributed by atoms with Gasteiger partial charge in [-0.15, -0.1) is 0 Å². The van der Waals surface area contributed by atoms with Crippen LogP contribution in [0.5, 0.6) is 0 Å². The minimum atomic E-state index is -0.00248. The molecule has 0 N–H and O–H groups in total. The van der Waals surface area contributed by atoms with Crippen LogP contribution in [0.4, 0.5) is 0 Å². The molecule has 3 nitrogen and oxygen atoms in total. The fourth-order valence-electron chi connectivity index (χ4n) is 1.70. The Bertz CT molecular complexity index is 358. The average molecular weight is 176 g/mol. The number of Topliss-reactive ketones (excluding diaryl/α,β-unsaturated/α-hetero) is 1. The molecule has 3 heteroatoms. The van der Waals surface area contributed by atoms with Gasteiger partial charge >= 0.3 is 0 Å². The number of carbonyl (C=O) groups is 1. The molecule has 0 saturated carbocycles. The molecular weight excluding hydrogens is 164 g/mol. The predicted octanol–water partition coefficient (Wildman–Crippen LogP) is 1.73. The maximum absolute atomic E-state index is 11.5. The van der Waals surface area contributed by atoms with Crippen LogP contribution in [0.3, 0.4) is 0 Å². The van der Waals surface area contributed by atoms with Gasteiger partial charge in [0.15, 0.2) is 5.78 Å². The van der Waals surface area contributed by atoms with Crippen molar-refractivity contribution in [2.45, 2.75) is 32.1 Å². The van der Waals surface area contributed by atoms with Crippen LogP contribution < -0.4 is 0 Å². The molecule has 1 aliphatic rings. The van der Waals surface area contributed by atoms with Crippen LogP contribution in [-0.2, 0) is 5.41 Å². The lowest BCUT2D eigenvalue weighted by atomic mass is 9.77. The molecule has 0 bridgehead atoms. The monoisotopic (exact) mass is 176 g/mol. The normalized spacial score (nSPS) is 19.7. The summed E-state index contributed by atoms with van der Waals surface area (Å²) in [4.78, 5) is 19.8. The highest BCUT2D eigenvalue weighted by atomic mass is 16.1. The zero-order valence-electron chi connectivity index (χ0n) is 7.87. The summed E-state index contributed by atoms with van der Waals surface area (Å²) in [6.45, 7) is 4.21. The van der Waals surface area contributed by atoms with Crippen molar-refractivity contribution in [2.75, 3.05) is 0 Å². The molecule has 0 amide bonds. The molecule has 0 saturated heterocycles. The summed E-state index contributed by atoms with van der Waals surface area (Å²) >= 11 is 0. The number of aromatic nitrogens is 2. The summed E-state index contributed by atoms with van der Waals surface area (Å²) in [7, 11) is 0. The Balaban J connectivity index is 2.61. The third-order valence-electron chi connectivity index (χ3n) is 2.58. The van der Waals surface area contributed by atoms with E-state index in [1.807, 2.05) is 0 Å². The molecule has 0 atom stereocenters. The van der Waals surface area contributed by atoms with E-state index in [4.69, 9.17) is 0 Å². The van der Waals surface area contributed by atoms with Gasteiger partial charge in [-0.25, -0.2) is 4.98 Å². The second-order valence-electron chi connectivity index (χ2n) is 4.06. The number of fused-ring (bicyclic) bond motifs is 1. The van der Waals surface area contributed by atoms with Gasteiger partial charge in [-0.1, -0.05) is 13.8 Å². The molecule has 1 aromatic rings. The van der Waals surface area contributed by atoms with Crippen molar-refractivity contribution in [3.8, 4) is 0 Å². The SMILES string of the molecule is CC1(C)CCC(=O)c2nccnc21. The van der Waals surface area contributed by atoms with Crippen LogP contribution in [0.25, 0.3) is 0 Å². The Morgan fingerprint density at radius 3 is 2.69 bits per heavy atom. The Labute approximate surface area is 77.2 Å². The van der Waals surface area contributed by atoms with E-state index in [0.717, 1.165) is 12.1 Å². The van der Waals surface area contributed by atoms with E-state index in [1.165, 1.54) is 0 Å². The molecular formula is C10H12N2O. The number of ketones is 1. The van der Waals surface area contributed by atoms with Crippen LogP contribution in [0.1, 0.15) is 42.9 Å². The zero-order chi connectivity index (χ0) is 9.47. The second kappa shape index (κ2) is 2.62. The summed E-state index contributed by atoms with van der Waals surface area (Å²) in [5.41, 5.74) is 1.42. The van der Waals surface area contributed by atoms with Crippen molar-refractivity contribution < 1.29 is 4.79 Å². The maximum Gasteiger partial charge on any atom is 0.183 e. The van der Waals surface area contributed by atoms with E-state index in [1.54, 1.807) is 12.4 Å². The van der Waals surface area contributed by atoms with Crippen LogP contribution >= 0.6 is 0 Å². The predicted molar refractivity (Wildman–Crippen MR) is 48.6 cm³/mol. The minimum Gasteiger partial charge on any atom is -0.292 e. The smallest absolute Gasteiger partial charge is 0.183 e. The van der Waals surface area contributed by atoms with Crippen LogP contribution in [0, 0.1) is 0 Å². The first-order valence-corrected chi connectivity index (χ1v) is 4.46. The molecule has 1 aliphatic carbocycles. The molecule has 0 radical (unpaired) electrons. The number of carbonyl (C=O) groups excluding carboxylic acids is 1. The zero-order valence-corrected chi connectivity index (χ0v) is 7.87. The molecule has 0 spiro atoms. The van der Waals surface area contributed by atoms with Crippen molar-refractivity contribution in [3.05, 3.63) is 23.8 Å². The number of rotatable bonds is 0. The summed E-state index contributed by atoms with van der Waals surface area (Å²) in [6.07, 6.45) is 4.70. The molecule has 0 aliphatic heterocycles. The van der Waals surface area contributed by atoms with E-state index < -0.39 is 0 Å². The first-order chi connectivity index (χ1) is 6.11. The van der Waals surface area contributed by atoms with Gasteiger partial charge in [-0.3, -0.25) is 9.78 Å². The highest BCUT2D eigenvalue weighted by molar-refractivity contribution is 5.96. The first kappa shape index (κ1) is 8.35. The first-order valence-electron chi connectivity index (χ1n) is 4.46. The second-order valence-corrected chi connectivity index (χ2v) is 4.06. The van der Waals surface area contributed by atoms with Gasteiger partial charge in [0.05, 0.1) is 5.69 Å². The van der Waals surface area contributed by atoms with Gasteiger partial charge in [0.2, 0.25) is 0 Å². The lowest BCUT2D eigenvalue weighted by molar-refractivity contribution is 0.0949. The van der Waals surface area contributed by atoms with Gasteiger partial charge in [0.25, 0.3) is 0 Å². The largest absolute Gasteiger partial charge is 0.292 e. The molecule has 0 aromatic carbocycles. The number of hydrogen-bond acceptors (Lipinski definition) is 3. The number of hydrogen-bond donors (Lipinski definition) is 0. The van der Waals surface area contributed by atoms with E-state index in [9.17, 15) is 4.79 Å². The van der Waals surface area contributed by atoms with Crippen LogP contribution in [0.2, 0.25) is 0 Å². The van der Waals surface area contributed by atoms with Gasteiger partial charge in [0.1, 0.15) is 5.69 Å². The van der Waals surface area contributed by atoms with Crippen molar-refractivity contribution >= 4 is 5.78 Å². The quantitative estimate of drug-likeness (QED) is 0.604. The Morgan fingerprint density at radius 1 is 1.31 bits per heavy atom. The maximum atomic E-state index is 11.5. The van der Waals surface area contributed by atoms with E-state index in [0.29, 0.717) is 12.1 Å². The topological polar surface area (TPSA) is 42.9 Å². The highest BCUT2D eigenvalue weighted by Crippen LogP contribution is 2.33. The standard InChI is InChI=1S/C10H12N2O/c1-10(2)4-3-7(13)8-9(10)12-6-5-11-8/h5-6H,3-4H2,1-2H3. The molecule has 1 heterocycles. The highest BCUT2D eigenvalue weighted by Gasteiger charge is 2.33. The summed E-state index contributed by atoms with van der Waals surface area (Å²) in [5.74, 6) is 0.127. The summed E-state index contributed by atoms with van der Waals surface area (Å²) in [6, 6.07) is 0.